The van der Waals surface area contributed by atoms with E-state index in [-0.39, 0.29) is 11.7 Å². The van der Waals surface area contributed by atoms with E-state index in [1.54, 1.807) is 4.90 Å². The van der Waals surface area contributed by atoms with Gasteiger partial charge in [0.05, 0.1) is 6.07 Å². The van der Waals surface area contributed by atoms with Gasteiger partial charge in [-0.2, -0.15) is 0 Å². The molecule has 0 spiro atoms. The van der Waals surface area contributed by atoms with Gasteiger partial charge in [0.2, 0.25) is 0 Å². The summed E-state index contributed by atoms with van der Waals surface area (Å²) in [5.41, 5.74) is 3.45. The molecule has 0 saturated carbocycles. The SMILES string of the molecule is O=C(c1ccc([N+](=O)[O-])o1)N1CCN(c2ccc(-c3ccccc3)cc2)CC1. The number of carbonyl (C=O) groups is 1. The van der Waals surface area contributed by atoms with Crippen LogP contribution in [0.3, 0.4) is 0 Å². The summed E-state index contributed by atoms with van der Waals surface area (Å²) in [7, 11) is 0. The number of rotatable bonds is 4. The Morgan fingerprint density at radius 2 is 1.50 bits per heavy atom. The fraction of sp³-hybridized carbons (Fsp3) is 0.190. The summed E-state index contributed by atoms with van der Waals surface area (Å²) in [6, 6.07) is 21.2. The van der Waals surface area contributed by atoms with E-state index in [0.717, 1.165) is 11.3 Å². The standard InChI is InChI=1S/C21H19N3O4/c25-21(19-10-11-20(28-19)24(26)27)23-14-12-22(13-15-23)18-8-6-17(7-9-18)16-4-2-1-3-5-16/h1-11H,12-15H2. The van der Waals surface area contributed by atoms with Crippen LogP contribution in [0.2, 0.25) is 0 Å². The number of hydrogen-bond acceptors (Lipinski definition) is 5. The lowest BCUT2D eigenvalue weighted by Gasteiger charge is -2.35. The van der Waals surface area contributed by atoms with Crippen molar-refractivity contribution in [3.63, 3.8) is 0 Å². The Morgan fingerprint density at radius 1 is 0.857 bits per heavy atom. The lowest BCUT2D eigenvalue weighted by atomic mass is 10.1. The summed E-state index contributed by atoms with van der Waals surface area (Å²) >= 11 is 0. The van der Waals surface area contributed by atoms with E-state index < -0.39 is 10.8 Å². The number of amides is 1. The third-order valence-corrected chi connectivity index (χ3v) is 4.89. The van der Waals surface area contributed by atoms with Gasteiger partial charge in [-0.25, -0.2) is 0 Å². The first-order valence-electron chi connectivity index (χ1n) is 9.06. The van der Waals surface area contributed by atoms with Crippen molar-refractivity contribution in [2.24, 2.45) is 0 Å². The largest absolute Gasteiger partial charge is 0.433 e. The molecule has 7 heteroatoms. The number of benzene rings is 2. The van der Waals surface area contributed by atoms with Gasteiger partial charge in [0, 0.05) is 31.9 Å². The van der Waals surface area contributed by atoms with Crippen LogP contribution < -0.4 is 4.90 Å². The first kappa shape index (κ1) is 17.8. The molecule has 1 saturated heterocycles. The zero-order chi connectivity index (χ0) is 19.5. The van der Waals surface area contributed by atoms with Crippen molar-refractivity contribution in [1.29, 1.82) is 0 Å². The molecule has 0 atom stereocenters. The Labute approximate surface area is 161 Å². The minimum atomic E-state index is -0.645. The lowest BCUT2D eigenvalue weighted by Crippen LogP contribution is -2.48. The van der Waals surface area contributed by atoms with Crippen LogP contribution in [0.4, 0.5) is 11.6 Å². The molecule has 28 heavy (non-hydrogen) atoms. The highest BCUT2D eigenvalue weighted by molar-refractivity contribution is 5.92. The summed E-state index contributed by atoms with van der Waals surface area (Å²) in [6.07, 6.45) is 0. The highest BCUT2D eigenvalue weighted by atomic mass is 16.6. The van der Waals surface area contributed by atoms with Gasteiger partial charge in [0.1, 0.15) is 4.92 Å². The molecule has 0 aliphatic carbocycles. The van der Waals surface area contributed by atoms with E-state index in [1.807, 2.05) is 18.2 Å². The Bertz CT molecular complexity index is 974. The Kier molecular flexibility index (Phi) is 4.80. The van der Waals surface area contributed by atoms with Gasteiger partial charge in [-0.3, -0.25) is 14.9 Å². The van der Waals surface area contributed by atoms with Gasteiger partial charge in [-0.15, -0.1) is 0 Å². The van der Waals surface area contributed by atoms with Crippen molar-refractivity contribution in [2.45, 2.75) is 0 Å². The molecule has 1 aromatic heterocycles. The van der Waals surface area contributed by atoms with Crippen molar-refractivity contribution in [1.82, 2.24) is 4.90 Å². The molecule has 4 rings (SSSR count). The maximum absolute atomic E-state index is 12.5. The van der Waals surface area contributed by atoms with E-state index >= 15 is 0 Å². The van der Waals surface area contributed by atoms with Crippen LogP contribution in [-0.4, -0.2) is 41.9 Å². The summed E-state index contributed by atoms with van der Waals surface area (Å²) in [5, 5.41) is 10.7. The number of furan rings is 1. The van der Waals surface area contributed by atoms with Gasteiger partial charge >= 0.3 is 5.88 Å². The second kappa shape index (κ2) is 7.56. The monoisotopic (exact) mass is 377 g/mol. The van der Waals surface area contributed by atoms with Gasteiger partial charge in [-0.1, -0.05) is 42.5 Å². The van der Waals surface area contributed by atoms with Crippen molar-refractivity contribution < 1.29 is 14.1 Å². The average molecular weight is 377 g/mol. The third-order valence-electron chi connectivity index (χ3n) is 4.89. The molecule has 0 bridgehead atoms. The number of anilines is 1. The van der Waals surface area contributed by atoms with E-state index in [4.69, 9.17) is 4.42 Å². The second-order valence-corrected chi connectivity index (χ2v) is 6.59. The second-order valence-electron chi connectivity index (χ2n) is 6.59. The first-order valence-corrected chi connectivity index (χ1v) is 9.06. The molecule has 2 heterocycles. The van der Waals surface area contributed by atoms with E-state index in [2.05, 4.69) is 41.3 Å². The number of piperazine rings is 1. The minimum Gasteiger partial charge on any atom is -0.395 e. The maximum atomic E-state index is 12.5. The smallest absolute Gasteiger partial charge is 0.395 e. The predicted molar refractivity (Wildman–Crippen MR) is 105 cm³/mol. The van der Waals surface area contributed by atoms with Crippen LogP contribution >= 0.6 is 0 Å². The topological polar surface area (TPSA) is 79.8 Å². The predicted octanol–water partition coefficient (Wildman–Crippen LogP) is 3.82. The number of nitro groups is 1. The normalized spacial score (nSPS) is 14.1. The van der Waals surface area contributed by atoms with E-state index in [1.165, 1.54) is 17.7 Å². The van der Waals surface area contributed by atoms with Crippen LogP contribution in [0.1, 0.15) is 10.6 Å². The number of carbonyl (C=O) groups excluding carboxylic acids is 1. The minimum absolute atomic E-state index is 0.00682. The summed E-state index contributed by atoms with van der Waals surface area (Å²) in [5.74, 6) is -0.722. The molecule has 2 aromatic carbocycles. The van der Waals surface area contributed by atoms with E-state index in [9.17, 15) is 14.9 Å². The first-order chi connectivity index (χ1) is 13.6. The molecular formula is C21H19N3O4. The van der Waals surface area contributed by atoms with Gasteiger partial charge in [-0.05, 0) is 29.3 Å². The molecule has 0 N–H and O–H groups in total. The Hall–Kier alpha value is -3.61. The van der Waals surface area contributed by atoms with Crippen molar-refractivity contribution in [3.05, 3.63) is 82.6 Å². The lowest BCUT2D eigenvalue weighted by molar-refractivity contribution is -0.402. The number of nitrogens with zero attached hydrogens (tertiary/aromatic N) is 3. The summed E-state index contributed by atoms with van der Waals surface area (Å²) in [6.45, 7) is 2.46. The van der Waals surface area contributed by atoms with Gasteiger partial charge in [0.25, 0.3) is 5.91 Å². The Balaban J connectivity index is 1.38. The molecule has 7 nitrogen and oxygen atoms in total. The molecule has 1 aliphatic heterocycles. The number of hydrogen-bond donors (Lipinski definition) is 0. The Morgan fingerprint density at radius 3 is 2.11 bits per heavy atom. The fourth-order valence-corrected chi connectivity index (χ4v) is 3.36. The van der Waals surface area contributed by atoms with Crippen LogP contribution in [0.15, 0.2) is 71.1 Å². The van der Waals surface area contributed by atoms with Crippen LogP contribution in [0.5, 0.6) is 0 Å². The van der Waals surface area contributed by atoms with Crippen molar-refractivity contribution in [2.75, 3.05) is 31.1 Å². The van der Waals surface area contributed by atoms with Gasteiger partial charge in [0.15, 0.2) is 5.76 Å². The van der Waals surface area contributed by atoms with Crippen molar-refractivity contribution in [3.8, 4) is 11.1 Å². The molecule has 3 aromatic rings. The highest BCUT2D eigenvalue weighted by Crippen LogP contribution is 2.24. The molecule has 0 radical (unpaired) electrons. The highest BCUT2D eigenvalue weighted by Gasteiger charge is 2.26. The summed E-state index contributed by atoms with van der Waals surface area (Å²) < 4.78 is 5.02. The molecular weight excluding hydrogens is 358 g/mol. The molecule has 1 fully saturated rings. The quantitative estimate of drug-likeness (QED) is 0.510. The maximum Gasteiger partial charge on any atom is 0.433 e. The van der Waals surface area contributed by atoms with Crippen molar-refractivity contribution >= 4 is 17.5 Å². The average Bonchev–Trinajstić information content (AvgIpc) is 3.25. The van der Waals surface area contributed by atoms with Crippen LogP contribution in [0.25, 0.3) is 11.1 Å². The van der Waals surface area contributed by atoms with Gasteiger partial charge < -0.3 is 14.2 Å². The molecule has 142 valence electrons. The van der Waals surface area contributed by atoms with Crippen LogP contribution in [0, 0.1) is 10.1 Å². The molecule has 0 unspecified atom stereocenters. The summed E-state index contributed by atoms with van der Waals surface area (Å²) in [4.78, 5) is 26.4. The molecule has 1 aliphatic rings. The third kappa shape index (κ3) is 3.59. The van der Waals surface area contributed by atoms with E-state index in [0.29, 0.717) is 26.2 Å². The zero-order valence-corrected chi connectivity index (χ0v) is 15.2. The van der Waals surface area contributed by atoms with Crippen LogP contribution in [-0.2, 0) is 0 Å². The fourth-order valence-electron chi connectivity index (χ4n) is 3.36. The zero-order valence-electron chi connectivity index (χ0n) is 15.2. The molecule has 1 amide bonds.